The first-order valence-electron chi connectivity index (χ1n) is 6.38. The molecule has 1 aromatic heterocycles. The predicted molar refractivity (Wildman–Crippen MR) is 76.2 cm³/mol. The Morgan fingerprint density at radius 2 is 2.50 bits per heavy atom. The van der Waals surface area contributed by atoms with Gasteiger partial charge in [-0.15, -0.1) is 0 Å². The molecule has 0 aliphatic carbocycles. The zero-order valence-electron chi connectivity index (χ0n) is 10.6. The van der Waals surface area contributed by atoms with Crippen LogP contribution in [0.3, 0.4) is 0 Å². The summed E-state index contributed by atoms with van der Waals surface area (Å²) in [6.07, 6.45) is 3.95. The molecule has 1 unspecified atom stereocenters. The van der Waals surface area contributed by atoms with E-state index in [0.29, 0.717) is 11.6 Å². The van der Waals surface area contributed by atoms with E-state index in [1.165, 1.54) is 12.2 Å². The van der Waals surface area contributed by atoms with Gasteiger partial charge in [0.1, 0.15) is 5.82 Å². The number of carbonyl (C=O) groups is 1. The molecule has 0 saturated carbocycles. The van der Waals surface area contributed by atoms with Crippen molar-refractivity contribution < 1.29 is 4.79 Å². The number of nitrogens with one attached hydrogen (secondary N) is 2. The van der Waals surface area contributed by atoms with Gasteiger partial charge in [0.15, 0.2) is 0 Å². The summed E-state index contributed by atoms with van der Waals surface area (Å²) < 4.78 is 0. The lowest BCUT2D eigenvalue weighted by atomic mass is 10.1. The fraction of sp³-hybridized carbons (Fsp3) is 0.538. The van der Waals surface area contributed by atoms with Gasteiger partial charge in [-0.3, -0.25) is 4.79 Å². The van der Waals surface area contributed by atoms with Gasteiger partial charge in [0.2, 0.25) is 0 Å². The summed E-state index contributed by atoms with van der Waals surface area (Å²) in [7, 11) is 0. The van der Waals surface area contributed by atoms with Crippen molar-refractivity contribution in [2.75, 3.05) is 23.4 Å². The standard InChI is InChI=1S/C13H19N3OS/c1-2-14-12-8-10(5-6-15-12)13(17)16-11-4-3-7-18-9-11/h5-6,8,11H,2-4,7,9H2,1H3,(H,14,15)(H,16,17). The highest BCUT2D eigenvalue weighted by molar-refractivity contribution is 7.99. The number of aromatic nitrogens is 1. The van der Waals surface area contributed by atoms with Crippen LogP contribution in [0, 0.1) is 0 Å². The Morgan fingerprint density at radius 1 is 1.61 bits per heavy atom. The van der Waals surface area contributed by atoms with Crippen molar-refractivity contribution in [3.8, 4) is 0 Å². The Labute approximate surface area is 112 Å². The molecule has 2 rings (SSSR count). The van der Waals surface area contributed by atoms with E-state index in [9.17, 15) is 4.79 Å². The zero-order chi connectivity index (χ0) is 12.8. The molecule has 1 atom stereocenters. The van der Waals surface area contributed by atoms with Crippen LogP contribution >= 0.6 is 11.8 Å². The van der Waals surface area contributed by atoms with Crippen molar-refractivity contribution in [2.24, 2.45) is 0 Å². The molecule has 1 amide bonds. The summed E-state index contributed by atoms with van der Waals surface area (Å²) in [4.78, 5) is 16.3. The summed E-state index contributed by atoms with van der Waals surface area (Å²) in [6, 6.07) is 3.87. The summed E-state index contributed by atoms with van der Waals surface area (Å²) >= 11 is 1.91. The third-order valence-electron chi connectivity index (χ3n) is 2.88. The lowest BCUT2D eigenvalue weighted by Crippen LogP contribution is -2.38. The highest BCUT2D eigenvalue weighted by Crippen LogP contribution is 2.17. The number of pyridine rings is 1. The molecule has 0 radical (unpaired) electrons. The molecular weight excluding hydrogens is 246 g/mol. The Morgan fingerprint density at radius 3 is 3.22 bits per heavy atom. The third-order valence-corrected chi connectivity index (χ3v) is 4.09. The van der Waals surface area contributed by atoms with E-state index in [1.807, 2.05) is 18.7 Å². The van der Waals surface area contributed by atoms with E-state index >= 15 is 0 Å². The minimum absolute atomic E-state index is 0.00375. The summed E-state index contributed by atoms with van der Waals surface area (Å²) in [5.41, 5.74) is 0.677. The molecule has 5 heteroatoms. The lowest BCUT2D eigenvalue weighted by molar-refractivity contribution is 0.0938. The smallest absolute Gasteiger partial charge is 0.251 e. The van der Waals surface area contributed by atoms with Crippen LogP contribution in [0.15, 0.2) is 18.3 Å². The number of amides is 1. The van der Waals surface area contributed by atoms with Crippen LogP contribution in [0.25, 0.3) is 0 Å². The molecular formula is C13H19N3OS. The summed E-state index contributed by atoms with van der Waals surface area (Å²) in [5.74, 6) is 3.00. The van der Waals surface area contributed by atoms with Gasteiger partial charge in [0, 0.05) is 30.1 Å². The maximum absolute atomic E-state index is 12.1. The van der Waals surface area contributed by atoms with Gasteiger partial charge in [0.25, 0.3) is 5.91 Å². The van der Waals surface area contributed by atoms with Gasteiger partial charge in [-0.2, -0.15) is 11.8 Å². The summed E-state index contributed by atoms with van der Waals surface area (Å²) in [6.45, 7) is 2.81. The molecule has 0 aromatic carbocycles. The Hall–Kier alpha value is -1.23. The fourth-order valence-corrected chi connectivity index (χ4v) is 3.04. The van der Waals surface area contributed by atoms with Crippen LogP contribution < -0.4 is 10.6 Å². The largest absolute Gasteiger partial charge is 0.370 e. The molecule has 0 spiro atoms. The minimum atomic E-state index is 0.00375. The van der Waals surface area contributed by atoms with E-state index in [0.717, 1.165) is 24.5 Å². The van der Waals surface area contributed by atoms with E-state index < -0.39 is 0 Å². The molecule has 2 N–H and O–H groups in total. The van der Waals surface area contributed by atoms with Crippen molar-refractivity contribution >= 4 is 23.5 Å². The first-order valence-corrected chi connectivity index (χ1v) is 7.53. The van der Waals surface area contributed by atoms with Gasteiger partial charge in [0.05, 0.1) is 0 Å². The fourth-order valence-electron chi connectivity index (χ4n) is 1.97. The predicted octanol–water partition coefficient (Wildman–Crippen LogP) is 2.14. The van der Waals surface area contributed by atoms with E-state index in [2.05, 4.69) is 15.6 Å². The van der Waals surface area contributed by atoms with E-state index in [1.54, 1.807) is 18.3 Å². The number of anilines is 1. The number of rotatable bonds is 4. The first-order chi connectivity index (χ1) is 8.79. The first kappa shape index (κ1) is 13.2. The zero-order valence-corrected chi connectivity index (χ0v) is 11.4. The van der Waals surface area contributed by atoms with Crippen LogP contribution in [0.5, 0.6) is 0 Å². The van der Waals surface area contributed by atoms with Crippen molar-refractivity contribution in [3.63, 3.8) is 0 Å². The molecule has 1 aromatic rings. The van der Waals surface area contributed by atoms with E-state index in [4.69, 9.17) is 0 Å². The van der Waals surface area contributed by atoms with Crippen molar-refractivity contribution in [1.82, 2.24) is 10.3 Å². The maximum Gasteiger partial charge on any atom is 0.251 e. The second kappa shape index (κ2) is 6.64. The highest BCUT2D eigenvalue weighted by Gasteiger charge is 2.17. The van der Waals surface area contributed by atoms with Gasteiger partial charge in [-0.25, -0.2) is 4.98 Å². The Bertz CT molecular complexity index is 405. The van der Waals surface area contributed by atoms with Crippen molar-refractivity contribution in [1.29, 1.82) is 0 Å². The number of hydrogen-bond donors (Lipinski definition) is 2. The molecule has 1 fully saturated rings. The SMILES string of the molecule is CCNc1cc(C(=O)NC2CCCSC2)ccn1. The molecule has 1 saturated heterocycles. The van der Waals surface area contributed by atoms with Crippen LogP contribution in [0.1, 0.15) is 30.1 Å². The van der Waals surface area contributed by atoms with Crippen LogP contribution in [0.4, 0.5) is 5.82 Å². The third kappa shape index (κ3) is 3.63. The topological polar surface area (TPSA) is 54.0 Å². The molecule has 18 heavy (non-hydrogen) atoms. The normalized spacial score (nSPS) is 19.3. The number of thioether (sulfide) groups is 1. The van der Waals surface area contributed by atoms with E-state index in [-0.39, 0.29) is 5.91 Å². The van der Waals surface area contributed by atoms with Crippen LogP contribution in [-0.2, 0) is 0 Å². The molecule has 4 nitrogen and oxygen atoms in total. The lowest BCUT2D eigenvalue weighted by Gasteiger charge is -2.22. The highest BCUT2D eigenvalue weighted by atomic mass is 32.2. The van der Waals surface area contributed by atoms with Crippen molar-refractivity contribution in [2.45, 2.75) is 25.8 Å². The van der Waals surface area contributed by atoms with Crippen LogP contribution in [-0.4, -0.2) is 35.0 Å². The average Bonchev–Trinajstić information content (AvgIpc) is 2.40. The number of carbonyl (C=O) groups excluding carboxylic acids is 1. The van der Waals surface area contributed by atoms with Gasteiger partial charge in [-0.05, 0) is 37.7 Å². The van der Waals surface area contributed by atoms with Gasteiger partial charge < -0.3 is 10.6 Å². The Balaban J connectivity index is 1.96. The maximum atomic E-state index is 12.1. The minimum Gasteiger partial charge on any atom is -0.370 e. The number of hydrogen-bond acceptors (Lipinski definition) is 4. The second-order valence-corrected chi connectivity index (χ2v) is 5.50. The van der Waals surface area contributed by atoms with Crippen LogP contribution in [0.2, 0.25) is 0 Å². The molecule has 0 bridgehead atoms. The monoisotopic (exact) mass is 265 g/mol. The number of nitrogens with zero attached hydrogens (tertiary/aromatic N) is 1. The van der Waals surface area contributed by atoms with Gasteiger partial charge >= 0.3 is 0 Å². The average molecular weight is 265 g/mol. The molecule has 1 aliphatic heterocycles. The second-order valence-electron chi connectivity index (χ2n) is 4.35. The summed E-state index contributed by atoms with van der Waals surface area (Å²) in [5, 5.41) is 6.20. The quantitative estimate of drug-likeness (QED) is 0.876. The van der Waals surface area contributed by atoms with Crippen molar-refractivity contribution in [3.05, 3.63) is 23.9 Å². The Kier molecular flexibility index (Phi) is 4.87. The van der Waals surface area contributed by atoms with Gasteiger partial charge in [-0.1, -0.05) is 0 Å². The molecule has 98 valence electrons. The molecule has 1 aliphatic rings. The molecule has 2 heterocycles.